The number of aryl methyl sites for hydroxylation is 1. The Balaban J connectivity index is 1.39. The first kappa shape index (κ1) is 22.8. The molecule has 172 valence electrons. The second-order valence-electron chi connectivity index (χ2n) is 8.41. The topological polar surface area (TPSA) is 99.8 Å². The van der Waals surface area contributed by atoms with E-state index in [1.165, 1.54) is 5.56 Å². The lowest BCUT2D eigenvalue weighted by Crippen LogP contribution is -2.69. The monoisotopic (exact) mass is 458 g/mol. The fourth-order valence-electron chi connectivity index (χ4n) is 4.44. The van der Waals surface area contributed by atoms with Crippen LogP contribution >= 0.6 is 11.8 Å². The van der Waals surface area contributed by atoms with Crippen molar-refractivity contribution in [3.8, 4) is 0 Å². The lowest BCUT2D eigenvalue weighted by atomic mass is 9.94. The first-order valence-electron chi connectivity index (χ1n) is 11.1. The summed E-state index contributed by atoms with van der Waals surface area (Å²) in [6.07, 6.45) is 1.26. The standard InChI is InChI=1S/C23H30N4O4S/c1-3-31-18(28)11-24-21(29)16-5-4-10-27(12-16)23-25-19-17(13-32-20(19)22(30)26-23)15-8-6-14(2)7-9-15/h6-9,13,16,19-20,23,25H,3-5,10-12H2,1-2H3,(H,24,29)(H,26,30). The zero-order chi connectivity index (χ0) is 22.7. The molecule has 9 heteroatoms. The molecule has 0 saturated carbocycles. The Hall–Kier alpha value is -2.36. The van der Waals surface area contributed by atoms with Gasteiger partial charge in [0.25, 0.3) is 0 Å². The van der Waals surface area contributed by atoms with E-state index in [0.717, 1.165) is 30.5 Å². The number of amides is 2. The van der Waals surface area contributed by atoms with Gasteiger partial charge in [0.2, 0.25) is 11.8 Å². The maximum atomic E-state index is 12.9. The van der Waals surface area contributed by atoms with Crippen molar-refractivity contribution in [2.75, 3.05) is 26.2 Å². The van der Waals surface area contributed by atoms with E-state index in [-0.39, 0.29) is 41.9 Å². The van der Waals surface area contributed by atoms with E-state index in [9.17, 15) is 14.4 Å². The molecule has 3 aliphatic rings. The minimum Gasteiger partial charge on any atom is -0.465 e. The number of nitrogens with one attached hydrogen (secondary N) is 3. The summed E-state index contributed by atoms with van der Waals surface area (Å²) < 4.78 is 4.87. The lowest BCUT2D eigenvalue weighted by Gasteiger charge is -2.43. The molecule has 0 bridgehead atoms. The Bertz CT molecular complexity index is 904. The van der Waals surface area contributed by atoms with E-state index < -0.39 is 5.97 Å². The predicted octanol–water partition coefficient (Wildman–Crippen LogP) is 1.21. The van der Waals surface area contributed by atoms with E-state index in [4.69, 9.17) is 4.74 Å². The number of hydrogen-bond donors (Lipinski definition) is 3. The van der Waals surface area contributed by atoms with E-state index in [0.29, 0.717) is 13.2 Å². The summed E-state index contributed by atoms with van der Waals surface area (Å²) in [4.78, 5) is 39.1. The molecule has 32 heavy (non-hydrogen) atoms. The molecule has 4 atom stereocenters. The Morgan fingerprint density at radius 2 is 2.06 bits per heavy atom. The van der Waals surface area contributed by atoms with E-state index in [1.807, 2.05) is 0 Å². The third kappa shape index (κ3) is 5.00. The largest absolute Gasteiger partial charge is 0.465 e. The van der Waals surface area contributed by atoms with Crippen LogP contribution in [0.5, 0.6) is 0 Å². The molecule has 3 aliphatic heterocycles. The molecule has 0 radical (unpaired) electrons. The van der Waals surface area contributed by atoms with Gasteiger partial charge in [-0.05, 0) is 43.2 Å². The molecule has 2 fully saturated rings. The minimum atomic E-state index is -0.435. The molecule has 8 nitrogen and oxygen atoms in total. The van der Waals surface area contributed by atoms with Crippen molar-refractivity contribution < 1.29 is 19.1 Å². The van der Waals surface area contributed by atoms with Crippen molar-refractivity contribution >= 4 is 35.1 Å². The fraction of sp³-hybridized carbons (Fsp3) is 0.522. The maximum Gasteiger partial charge on any atom is 0.325 e. The molecule has 0 aromatic heterocycles. The van der Waals surface area contributed by atoms with Crippen LogP contribution in [0.4, 0.5) is 0 Å². The maximum absolute atomic E-state index is 12.9. The highest BCUT2D eigenvalue weighted by Crippen LogP contribution is 2.38. The molecule has 3 heterocycles. The molecule has 2 saturated heterocycles. The number of ether oxygens (including phenoxy) is 1. The highest BCUT2D eigenvalue weighted by atomic mass is 32.2. The zero-order valence-corrected chi connectivity index (χ0v) is 19.2. The molecule has 1 aromatic rings. The van der Waals surface area contributed by atoms with E-state index in [1.54, 1.807) is 18.7 Å². The van der Waals surface area contributed by atoms with Crippen LogP contribution in [0.2, 0.25) is 0 Å². The minimum absolute atomic E-state index is 0.0102. The molecule has 2 amide bonds. The quantitative estimate of drug-likeness (QED) is 0.551. The van der Waals surface area contributed by atoms with Crippen molar-refractivity contribution in [1.82, 2.24) is 20.9 Å². The smallest absolute Gasteiger partial charge is 0.325 e. The average molecular weight is 459 g/mol. The van der Waals surface area contributed by atoms with Gasteiger partial charge in [-0.25, -0.2) is 0 Å². The van der Waals surface area contributed by atoms with Crippen molar-refractivity contribution in [1.29, 1.82) is 0 Å². The second kappa shape index (κ2) is 10.1. The van der Waals surface area contributed by atoms with E-state index >= 15 is 0 Å². The van der Waals surface area contributed by atoms with Crippen LogP contribution in [-0.4, -0.2) is 66.5 Å². The van der Waals surface area contributed by atoms with Gasteiger partial charge in [0, 0.05) is 13.1 Å². The Morgan fingerprint density at radius 1 is 1.28 bits per heavy atom. The summed E-state index contributed by atoms with van der Waals surface area (Å²) >= 11 is 1.55. The van der Waals surface area contributed by atoms with Crippen LogP contribution in [0, 0.1) is 12.8 Å². The highest BCUT2D eigenvalue weighted by molar-refractivity contribution is 8.04. The highest BCUT2D eigenvalue weighted by Gasteiger charge is 2.44. The number of nitrogens with zero attached hydrogens (tertiary/aromatic N) is 1. The Morgan fingerprint density at radius 3 is 2.81 bits per heavy atom. The molecule has 0 aliphatic carbocycles. The fourth-order valence-corrected chi connectivity index (χ4v) is 5.59. The van der Waals surface area contributed by atoms with Gasteiger partial charge in [-0.1, -0.05) is 29.8 Å². The van der Waals surface area contributed by atoms with Gasteiger partial charge in [-0.15, -0.1) is 11.8 Å². The molecular weight excluding hydrogens is 428 g/mol. The zero-order valence-electron chi connectivity index (χ0n) is 18.4. The number of benzene rings is 1. The number of thioether (sulfide) groups is 1. The third-order valence-corrected chi connectivity index (χ3v) is 7.31. The summed E-state index contributed by atoms with van der Waals surface area (Å²) in [7, 11) is 0. The predicted molar refractivity (Wildman–Crippen MR) is 123 cm³/mol. The number of carbonyl (C=O) groups is 3. The molecule has 4 rings (SSSR count). The van der Waals surface area contributed by atoms with Crippen molar-refractivity contribution in [3.63, 3.8) is 0 Å². The average Bonchev–Trinajstić information content (AvgIpc) is 3.23. The third-order valence-electron chi connectivity index (χ3n) is 6.14. The van der Waals surface area contributed by atoms with Crippen LogP contribution in [0.15, 0.2) is 29.7 Å². The van der Waals surface area contributed by atoms with Crippen LogP contribution in [0.25, 0.3) is 5.57 Å². The number of fused-ring (bicyclic) bond motifs is 1. The van der Waals surface area contributed by atoms with Crippen molar-refractivity contribution in [2.45, 2.75) is 44.3 Å². The van der Waals surface area contributed by atoms with E-state index in [2.05, 4.69) is 57.4 Å². The first-order valence-corrected chi connectivity index (χ1v) is 12.1. The number of esters is 1. The summed E-state index contributed by atoms with van der Waals surface area (Å²) in [6, 6.07) is 8.27. The van der Waals surface area contributed by atoms with Crippen LogP contribution in [0.3, 0.4) is 0 Å². The molecule has 4 unspecified atom stereocenters. The van der Waals surface area contributed by atoms with Gasteiger partial charge >= 0.3 is 5.97 Å². The second-order valence-corrected chi connectivity index (χ2v) is 9.42. The Labute approximate surface area is 192 Å². The van der Waals surface area contributed by atoms with Crippen LogP contribution in [0.1, 0.15) is 30.9 Å². The summed E-state index contributed by atoms with van der Waals surface area (Å²) in [5, 5.41) is 11.2. The van der Waals surface area contributed by atoms with Crippen LogP contribution in [-0.2, 0) is 19.1 Å². The Kier molecular flexibility index (Phi) is 7.17. The van der Waals surface area contributed by atoms with Gasteiger partial charge in [0.05, 0.1) is 18.6 Å². The summed E-state index contributed by atoms with van der Waals surface area (Å²) in [6.45, 7) is 5.26. The first-order chi connectivity index (χ1) is 15.5. The number of rotatable bonds is 6. The van der Waals surface area contributed by atoms with Crippen molar-refractivity contribution in [3.05, 3.63) is 40.8 Å². The number of piperidine rings is 1. The number of carbonyl (C=O) groups excluding carboxylic acids is 3. The lowest BCUT2D eigenvalue weighted by molar-refractivity contribution is -0.144. The van der Waals surface area contributed by atoms with Gasteiger partial charge in [-0.2, -0.15) is 0 Å². The number of likely N-dealkylation sites (tertiary alicyclic amines) is 1. The van der Waals surface area contributed by atoms with Gasteiger partial charge < -0.3 is 15.4 Å². The van der Waals surface area contributed by atoms with Gasteiger partial charge in [0.15, 0.2) is 0 Å². The molecular formula is C23H30N4O4S. The van der Waals surface area contributed by atoms with Crippen LogP contribution < -0.4 is 16.0 Å². The molecule has 3 N–H and O–H groups in total. The van der Waals surface area contributed by atoms with Gasteiger partial charge in [-0.3, -0.25) is 24.6 Å². The van der Waals surface area contributed by atoms with Gasteiger partial charge in [0.1, 0.15) is 18.1 Å². The number of hydrogen-bond acceptors (Lipinski definition) is 7. The summed E-state index contributed by atoms with van der Waals surface area (Å²) in [5.41, 5.74) is 3.44. The molecule has 0 spiro atoms. The molecule has 1 aromatic carbocycles. The SMILES string of the molecule is CCOC(=O)CNC(=O)C1CCCN(C2NC(=O)C3SC=C(c4ccc(C)cc4)C3N2)C1. The van der Waals surface area contributed by atoms with Crippen molar-refractivity contribution in [2.24, 2.45) is 5.92 Å². The normalized spacial score (nSPS) is 27.8. The summed E-state index contributed by atoms with van der Waals surface area (Å²) in [5.74, 6) is -0.815.